The van der Waals surface area contributed by atoms with Gasteiger partial charge in [-0.15, -0.1) is 12.4 Å². The summed E-state index contributed by atoms with van der Waals surface area (Å²) in [6.45, 7) is 5.74. The summed E-state index contributed by atoms with van der Waals surface area (Å²) in [7, 11) is -3.91. The number of hydrogen-bond donors (Lipinski definition) is 4. The Labute approximate surface area is 178 Å². The lowest BCUT2D eigenvalue weighted by atomic mass is 10.1. The number of anilines is 1. The zero-order valence-corrected chi connectivity index (χ0v) is 18.5. The quantitative estimate of drug-likeness (QED) is 0.497. The molecule has 2 rings (SSSR count). The van der Waals surface area contributed by atoms with Gasteiger partial charge in [-0.25, -0.2) is 8.42 Å². The molecule has 0 aliphatic heterocycles. The number of hydrogen-bond acceptors (Lipinski definition) is 5. The molecule has 0 saturated heterocycles. The minimum Gasteiger partial charge on any atom is -0.330 e. The Kier molecular flexibility index (Phi) is 9.25. The average Bonchev–Trinajstić information content (AvgIpc) is 2.60. The van der Waals surface area contributed by atoms with Crippen LogP contribution in [0.15, 0.2) is 41.3 Å². The molecule has 0 bridgehead atoms. The molecule has 0 heterocycles. The van der Waals surface area contributed by atoms with E-state index >= 15 is 0 Å². The number of rotatable bonds is 8. The summed E-state index contributed by atoms with van der Waals surface area (Å²) in [5, 5.41) is 2.70. The minimum atomic E-state index is -3.91. The van der Waals surface area contributed by atoms with E-state index in [0.29, 0.717) is 23.4 Å². The standard InChI is InChI=1S/C20H28N4O3S.ClH/c1-13-10-14(2)19(15(3)11-13)28(26,27)24-18(12-22)20(25)23-17-6-4-16(5-7-17)8-9-21;/h4-7,10-11,18,24H,8-9,12,21-22H2,1-3H3,(H,23,25);1H. The molecular weight excluding hydrogens is 412 g/mol. The van der Waals surface area contributed by atoms with Gasteiger partial charge in [0, 0.05) is 12.2 Å². The van der Waals surface area contributed by atoms with Gasteiger partial charge in [-0.05, 0) is 62.6 Å². The molecule has 0 saturated carbocycles. The van der Waals surface area contributed by atoms with Crippen molar-refractivity contribution in [3.8, 4) is 0 Å². The van der Waals surface area contributed by atoms with Crippen molar-refractivity contribution in [1.82, 2.24) is 4.72 Å². The summed E-state index contributed by atoms with van der Waals surface area (Å²) >= 11 is 0. The number of halogens is 1. The first-order valence-electron chi connectivity index (χ1n) is 9.08. The van der Waals surface area contributed by atoms with E-state index in [0.717, 1.165) is 17.5 Å². The van der Waals surface area contributed by atoms with Gasteiger partial charge in [0.1, 0.15) is 6.04 Å². The monoisotopic (exact) mass is 440 g/mol. The van der Waals surface area contributed by atoms with E-state index in [2.05, 4.69) is 10.0 Å². The average molecular weight is 441 g/mol. The van der Waals surface area contributed by atoms with Crippen LogP contribution in [0.1, 0.15) is 22.3 Å². The number of aryl methyl sites for hydroxylation is 3. The number of nitrogens with one attached hydrogen (secondary N) is 2. The van der Waals surface area contributed by atoms with Crippen LogP contribution in [-0.4, -0.2) is 33.5 Å². The van der Waals surface area contributed by atoms with Crippen molar-refractivity contribution in [1.29, 1.82) is 0 Å². The van der Waals surface area contributed by atoms with Crippen molar-refractivity contribution >= 4 is 34.0 Å². The van der Waals surface area contributed by atoms with Crippen LogP contribution >= 0.6 is 12.4 Å². The van der Waals surface area contributed by atoms with Crippen LogP contribution in [0.2, 0.25) is 0 Å². The van der Waals surface area contributed by atoms with E-state index in [1.54, 1.807) is 38.1 Å². The summed E-state index contributed by atoms with van der Waals surface area (Å²) in [5.41, 5.74) is 15.0. The number of sulfonamides is 1. The van der Waals surface area contributed by atoms with E-state index in [9.17, 15) is 13.2 Å². The highest BCUT2D eigenvalue weighted by Gasteiger charge is 2.27. The second-order valence-corrected chi connectivity index (χ2v) is 8.51. The molecule has 1 atom stereocenters. The first-order valence-corrected chi connectivity index (χ1v) is 10.6. The smallest absolute Gasteiger partial charge is 0.243 e. The maximum Gasteiger partial charge on any atom is 0.243 e. The SMILES string of the molecule is Cc1cc(C)c(S(=O)(=O)NC(CN)C(=O)Nc2ccc(CCN)cc2)c(C)c1.Cl. The molecule has 0 aliphatic rings. The number of carbonyl (C=O) groups is 1. The number of carbonyl (C=O) groups excluding carboxylic acids is 1. The first-order chi connectivity index (χ1) is 13.2. The second kappa shape index (κ2) is 10.7. The van der Waals surface area contributed by atoms with Crippen LogP contribution in [0.3, 0.4) is 0 Å². The van der Waals surface area contributed by atoms with Crippen LogP contribution < -0.4 is 21.5 Å². The van der Waals surface area contributed by atoms with Crippen molar-refractivity contribution in [3.05, 3.63) is 58.7 Å². The van der Waals surface area contributed by atoms with Gasteiger partial charge in [0.25, 0.3) is 0 Å². The lowest BCUT2D eigenvalue weighted by Gasteiger charge is -2.19. The van der Waals surface area contributed by atoms with E-state index in [4.69, 9.17) is 11.5 Å². The van der Waals surface area contributed by atoms with Gasteiger partial charge in [-0.2, -0.15) is 4.72 Å². The topological polar surface area (TPSA) is 127 Å². The Balaban J connectivity index is 0.00000420. The Morgan fingerprint density at radius 2 is 1.59 bits per heavy atom. The number of amides is 1. The maximum absolute atomic E-state index is 12.9. The summed E-state index contributed by atoms with van der Waals surface area (Å²) in [5.74, 6) is -0.514. The van der Waals surface area contributed by atoms with Crippen molar-refractivity contribution in [3.63, 3.8) is 0 Å². The molecule has 1 amide bonds. The first kappa shape index (κ1) is 25.1. The molecule has 2 aromatic rings. The highest BCUT2D eigenvalue weighted by molar-refractivity contribution is 7.89. The van der Waals surface area contributed by atoms with Crippen LogP contribution in [0.5, 0.6) is 0 Å². The largest absolute Gasteiger partial charge is 0.330 e. The minimum absolute atomic E-state index is 0. The van der Waals surface area contributed by atoms with E-state index in [-0.39, 0.29) is 23.8 Å². The van der Waals surface area contributed by atoms with Gasteiger partial charge in [0.2, 0.25) is 15.9 Å². The predicted octanol–water partition coefficient (Wildman–Crippen LogP) is 1.78. The Morgan fingerprint density at radius 3 is 2.07 bits per heavy atom. The third kappa shape index (κ3) is 6.52. The van der Waals surface area contributed by atoms with Crippen molar-refractivity contribution < 1.29 is 13.2 Å². The fraction of sp³-hybridized carbons (Fsp3) is 0.350. The zero-order chi connectivity index (χ0) is 20.9. The van der Waals surface area contributed by atoms with Crippen LogP contribution in [0.4, 0.5) is 5.69 Å². The second-order valence-electron chi connectivity index (χ2n) is 6.86. The molecule has 2 aromatic carbocycles. The highest BCUT2D eigenvalue weighted by Crippen LogP contribution is 2.22. The molecule has 0 spiro atoms. The number of nitrogens with two attached hydrogens (primary N) is 2. The van der Waals surface area contributed by atoms with E-state index in [1.165, 1.54) is 0 Å². The van der Waals surface area contributed by atoms with Crippen LogP contribution in [0.25, 0.3) is 0 Å². The Morgan fingerprint density at radius 1 is 1.03 bits per heavy atom. The molecule has 7 nitrogen and oxygen atoms in total. The molecular formula is C20H29ClN4O3S. The maximum atomic E-state index is 12.9. The van der Waals surface area contributed by atoms with E-state index < -0.39 is 22.0 Å². The Bertz CT molecular complexity index is 924. The highest BCUT2D eigenvalue weighted by atomic mass is 35.5. The van der Waals surface area contributed by atoms with Gasteiger partial charge in [-0.3, -0.25) is 4.79 Å². The molecule has 0 fully saturated rings. The van der Waals surface area contributed by atoms with Crippen LogP contribution in [0, 0.1) is 20.8 Å². The molecule has 9 heteroatoms. The van der Waals surface area contributed by atoms with Gasteiger partial charge in [-0.1, -0.05) is 29.8 Å². The normalized spacial score (nSPS) is 12.2. The van der Waals surface area contributed by atoms with Gasteiger partial charge in [0.05, 0.1) is 4.90 Å². The summed E-state index contributed by atoms with van der Waals surface area (Å²) in [4.78, 5) is 12.7. The van der Waals surface area contributed by atoms with Crippen LogP contribution in [-0.2, 0) is 21.2 Å². The molecule has 160 valence electrons. The van der Waals surface area contributed by atoms with Gasteiger partial charge < -0.3 is 16.8 Å². The lowest BCUT2D eigenvalue weighted by molar-refractivity contribution is -0.117. The fourth-order valence-corrected chi connectivity index (χ4v) is 4.86. The molecule has 1 unspecified atom stereocenters. The molecule has 0 aromatic heterocycles. The van der Waals surface area contributed by atoms with Crippen molar-refractivity contribution in [2.75, 3.05) is 18.4 Å². The molecule has 0 aliphatic carbocycles. The van der Waals surface area contributed by atoms with Crippen molar-refractivity contribution in [2.45, 2.75) is 38.1 Å². The summed E-state index contributed by atoms with van der Waals surface area (Å²) in [6, 6.07) is 9.73. The lowest BCUT2D eigenvalue weighted by Crippen LogP contribution is -2.48. The Hall–Kier alpha value is -1.97. The third-order valence-corrected chi connectivity index (χ3v) is 6.15. The summed E-state index contributed by atoms with van der Waals surface area (Å²) in [6.07, 6.45) is 0.745. The molecule has 6 N–H and O–H groups in total. The van der Waals surface area contributed by atoms with Gasteiger partial charge in [0.15, 0.2) is 0 Å². The summed E-state index contributed by atoms with van der Waals surface area (Å²) < 4.78 is 28.2. The zero-order valence-electron chi connectivity index (χ0n) is 16.9. The third-order valence-electron chi connectivity index (χ3n) is 4.38. The fourth-order valence-electron chi connectivity index (χ4n) is 3.20. The van der Waals surface area contributed by atoms with Crippen molar-refractivity contribution in [2.24, 2.45) is 11.5 Å². The predicted molar refractivity (Wildman–Crippen MR) is 119 cm³/mol. The molecule has 0 radical (unpaired) electrons. The number of benzene rings is 2. The molecule has 29 heavy (non-hydrogen) atoms. The van der Waals surface area contributed by atoms with E-state index in [1.807, 2.05) is 19.1 Å². The van der Waals surface area contributed by atoms with Gasteiger partial charge >= 0.3 is 0 Å².